The first-order valence-electron chi connectivity index (χ1n) is 4.94. The van der Waals surface area contributed by atoms with E-state index in [-0.39, 0.29) is 11.3 Å². The number of thiazole rings is 1. The molecule has 0 fully saturated rings. The molecular weight excluding hydrogens is 254 g/mol. The van der Waals surface area contributed by atoms with Crippen molar-refractivity contribution in [1.29, 1.82) is 0 Å². The summed E-state index contributed by atoms with van der Waals surface area (Å²) in [6.45, 7) is 0. The van der Waals surface area contributed by atoms with Gasteiger partial charge in [0.1, 0.15) is 0 Å². The van der Waals surface area contributed by atoms with Gasteiger partial charge in [-0.2, -0.15) is 0 Å². The minimum atomic E-state index is -1.06. The Morgan fingerprint density at radius 3 is 3.00 bits per heavy atom. The monoisotopic (exact) mass is 261 g/mol. The molecule has 3 aromatic heterocycles. The van der Waals surface area contributed by atoms with E-state index < -0.39 is 5.97 Å². The molecule has 0 aliphatic carbocycles. The van der Waals surface area contributed by atoms with Crippen molar-refractivity contribution < 1.29 is 9.90 Å². The highest BCUT2D eigenvalue weighted by molar-refractivity contribution is 7.13. The third kappa shape index (κ3) is 1.59. The largest absolute Gasteiger partial charge is 0.478 e. The lowest BCUT2D eigenvalue weighted by molar-refractivity contribution is 0.0696. The fourth-order valence-corrected chi connectivity index (χ4v) is 2.12. The van der Waals surface area contributed by atoms with Crippen LogP contribution in [0.5, 0.6) is 0 Å². The molecule has 90 valence electrons. The van der Waals surface area contributed by atoms with Crippen LogP contribution in [0.2, 0.25) is 0 Å². The van der Waals surface area contributed by atoms with Gasteiger partial charge in [-0.25, -0.2) is 19.3 Å². The molecular formula is C10H7N5O2S. The van der Waals surface area contributed by atoms with Gasteiger partial charge in [-0.3, -0.25) is 0 Å². The minimum absolute atomic E-state index is 0.0654. The molecule has 3 aromatic rings. The predicted molar refractivity (Wildman–Crippen MR) is 65.5 cm³/mol. The molecule has 0 aromatic carbocycles. The number of aromatic nitrogens is 4. The van der Waals surface area contributed by atoms with E-state index in [9.17, 15) is 4.79 Å². The molecule has 0 saturated carbocycles. The summed E-state index contributed by atoms with van der Waals surface area (Å²) in [7, 11) is 0. The van der Waals surface area contributed by atoms with E-state index in [0.717, 1.165) is 0 Å². The first-order chi connectivity index (χ1) is 8.65. The van der Waals surface area contributed by atoms with Gasteiger partial charge in [-0.05, 0) is 6.07 Å². The van der Waals surface area contributed by atoms with Crippen molar-refractivity contribution >= 4 is 28.6 Å². The van der Waals surface area contributed by atoms with E-state index in [2.05, 4.69) is 15.1 Å². The smallest absolute Gasteiger partial charge is 0.337 e. The Kier molecular flexibility index (Phi) is 2.23. The molecule has 0 amide bonds. The summed E-state index contributed by atoms with van der Waals surface area (Å²) < 4.78 is 1.36. The van der Waals surface area contributed by atoms with Crippen molar-refractivity contribution in [2.24, 2.45) is 0 Å². The standard InChI is InChI=1S/C10H7N5O2S/c11-6-3-5(10(16)17)4-15-8(6)13-7(14-15)9-12-1-2-18-9/h1-4H,11H2,(H,16,17). The maximum Gasteiger partial charge on any atom is 0.337 e. The Morgan fingerprint density at radius 1 is 1.50 bits per heavy atom. The lowest BCUT2D eigenvalue weighted by atomic mass is 10.2. The summed E-state index contributed by atoms with van der Waals surface area (Å²) in [6.07, 6.45) is 3.02. The topological polar surface area (TPSA) is 106 Å². The fraction of sp³-hybridized carbons (Fsp3) is 0. The molecule has 0 aliphatic heterocycles. The molecule has 0 aliphatic rings. The number of aromatic carboxylic acids is 1. The maximum atomic E-state index is 10.9. The number of pyridine rings is 1. The lowest BCUT2D eigenvalue weighted by Crippen LogP contribution is -2.02. The summed E-state index contributed by atoms with van der Waals surface area (Å²) in [6, 6.07) is 1.36. The van der Waals surface area contributed by atoms with E-state index in [1.54, 1.807) is 6.20 Å². The molecule has 18 heavy (non-hydrogen) atoms. The van der Waals surface area contributed by atoms with Gasteiger partial charge in [0.15, 0.2) is 10.7 Å². The van der Waals surface area contributed by atoms with Gasteiger partial charge >= 0.3 is 5.97 Å². The molecule has 0 unspecified atom stereocenters. The summed E-state index contributed by atoms with van der Waals surface area (Å²) >= 11 is 1.40. The van der Waals surface area contributed by atoms with Gasteiger partial charge in [0.2, 0.25) is 5.82 Å². The molecule has 8 heteroatoms. The van der Waals surface area contributed by atoms with Crippen molar-refractivity contribution in [3.8, 4) is 10.8 Å². The van der Waals surface area contributed by atoms with Gasteiger partial charge < -0.3 is 10.8 Å². The van der Waals surface area contributed by atoms with Crippen molar-refractivity contribution in [2.75, 3.05) is 5.73 Å². The van der Waals surface area contributed by atoms with Gasteiger partial charge in [-0.15, -0.1) is 16.4 Å². The van der Waals surface area contributed by atoms with Crippen LogP contribution in [-0.4, -0.2) is 30.7 Å². The number of carboxylic acid groups (broad SMARTS) is 1. The normalized spacial score (nSPS) is 10.9. The molecule has 3 heterocycles. The predicted octanol–water partition coefficient (Wildman–Crippen LogP) is 1.13. The zero-order chi connectivity index (χ0) is 12.7. The zero-order valence-corrected chi connectivity index (χ0v) is 9.76. The van der Waals surface area contributed by atoms with Crippen molar-refractivity contribution in [3.63, 3.8) is 0 Å². The molecule has 0 spiro atoms. The Balaban J connectivity index is 2.23. The third-order valence-electron chi connectivity index (χ3n) is 2.33. The van der Waals surface area contributed by atoms with Crippen LogP contribution in [0.15, 0.2) is 23.8 Å². The Labute approximate surface area is 105 Å². The van der Waals surface area contributed by atoms with Crippen molar-refractivity contribution in [3.05, 3.63) is 29.4 Å². The van der Waals surface area contributed by atoms with Crippen LogP contribution in [0.25, 0.3) is 16.5 Å². The molecule has 7 nitrogen and oxygen atoms in total. The van der Waals surface area contributed by atoms with E-state index in [4.69, 9.17) is 10.8 Å². The van der Waals surface area contributed by atoms with Crippen LogP contribution in [0.3, 0.4) is 0 Å². The van der Waals surface area contributed by atoms with Gasteiger partial charge in [0.05, 0.1) is 11.3 Å². The molecule has 0 atom stereocenters. The molecule has 0 bridgehead atoms. The molecule has 3 rings (SSSR count). The first-order valence-corrected chi connectivity index (χ1v) is 5.82. The number of nitrogen functional groups attached to an aromatic ring is 1. The number of carboxylic acids is 1. The van der Waals surface area contributed by atoms with E-state index in [1.807, 2.05) is 5.38 Å². The second-order valence-corrected chi connectivity index (χ2v) is 4.42. The third-order valence-corrected chi connectivity index (χ3v) is 3.10. The number of nitrogens with zero attached hydrogens (tertiary/aromatic N) is 4. The summed E-state index contributed by atoms with van der Waals surface area (Å²) in [4.78, 5) is 19.2. The summed E-state index contributed by atoms with van der Waals surface area (Å²) in [5.41, 5.74) is 6.51. The van der Waals surface area contributed by atoms with Crippen LogP contribution in [-0.2, 0) is 0 Å². The van der Waals surface area contributed by atoms with E-state index in [0.29, 0.717) is 16.5 Å². The highest BCUT2D eigenvalue weighted by atomic mass is 32.1. The van der Waals surface area contributed by atoms with Crippen LogP contribution >= 0.6 is 11.3 Å². The molecule has 0 radical (unpaired) electrons. The van der Waals surface area contributed by atoms with Gasteiger partial charge in [0, 0.05) is 17.8 Å². The average molecular weight is 261 g/mol. The van der Waals surface area contributed by atoms with Crippen LogP contribution in [0.1, 0.15) is 10.4 Å². The number of fused-ring (bicyclic) bond motifs is 1. The average Bonchev–Trinajstić information content (AvgIpc) is 2.96. The number of carbonyl (C=O) groups is 1. The summed E-state index contributed by atoms with van der Waals surface area (Å²) in [5, 5.41) is 15.6. The van der Waals surface area contributed by atoms with Crippen molar-refractivity contribution in [2.45, 2.75) is 0 Å². The molecule has 3 N–H and O–H groups in total. The zero-order valence-electron chi connectivity index (χ0n) is 8.94. The van der Waals surface area contributed by atoms with Crippen LogP contribution in [0, 0.1) is 0 Å². The number of rotatable bonds is 2. The Morgan fingerprint density at radius 2 is 2.33 bits per heavy atom. The van der Waals surface area contributed by atoms with Crippen molar-refractivity contribution in [1.82, 2.24) is 19.6 Å². The molecule has 0 saturated heterocycles. The van der Waals surface area contributed by atoms with Crippen LogP contribution < -0.4 is 5.73 Å². The second-order valence-electron chi connectivity index (χ2n) is 3.53. The van der Waals surface area contributed by atoms with Gasteiger partial charge in [-0.1, -0.05) is 0 Å². The van der Waals surface area contributed by atoms with E-state index in [1.165, 1.54) is 28.1 Å². The minimum Gasteiger partial charge on any atom is -0.478 e. The highest BCUT2D eigenvalue weighted by Crippen LogP contribution is 2.21. The van der Waals surface area contributed by atoms with Gasteiger partial charge in [0.25, 0.3) is 0 Å². The quantitative estimate of drug-likeness (QED) is 0.716. The highest BCUT2D eigenvalue weighted by Gasteiger charge is 2.13. The fourth-order valence-electron chi connectivity index (χ4n) is 1.55. The number of anilines is 1. The second kappa shape index (κ2) is 3.77. The Bertz CT molecular complexity index is 734. The van der Waals surface area contributed by atoms with E-state index >= 15 is 0 Å². The maximum absolute atomic E-state index is 10.9. The van der Waals surface area contributed by atoms with Crippen LogP contribution in [0.4, 0.5) is 5.69 Å². The SMILES string of the molecule is Nc1cc(C(=O)O)cn2nc(-c3nccs3)nc12. The summed E-state index contributed by atoms with van der Waals surface area (Å²) in [5.74, 6) is -0.630. The lowest BCUT2D eigenvalue weighted by Gasteiger charge is -1.98. The Hall–Kier alpha value is -2.48. The number of hydrogen-bond donors (Lipinski definition) is 2. The first kappa shape index (κ1) is 10.7. The number of nitrogens with two attached hydrogens (primary N) is 1. The number of hydrogen-bond acceptors (Lipinski definition) is 6.